The maximum Gasteiger partial charge on any atom is 0.242 e. The van der Waals surface area contributed by atoms with Crippen molar-refractivity contribution in [2.45, 2.75) is 31.7 Å². The minimum Gasteiger partial charge on any atom is -0.379 e. The number of aromatic nitrogens is 4. The summed E-state index contributed by atoms with van der Waals surface area (Å²) in [5.74, 6) is -0.141. The molecular weight excluding hydrogens is 298 g/mol. The predicted octanol–water partition coefficient (Wildman–Crippen LogP) is 0.164. The van der Waals surface area contributed by atoms with Gasteiger partial charge in [-0.25, -0.2) is 4.68 Å². The standard InChI is InChI=1S/C15H19N5O3/c21-15(8-20-11-16-18-19-20)17-13-6-7-22-10-14(13)23-9-12-4-2-1-3-5-12/h1-5,11,13-14H,6-10H2,(H,17,21)/t13-,14-/m1/s1. The van der Waals surface area contributed by atoms with Crippen molar-refractivity contribution in [2.24, 2.45) is 0 Å². The first-order chi connectivity index (χ1) is 11.3. The molecule has 8 nitrogen and oxygen atoms in total. The number of carbonyl (C=O) groups is 1. The van der Waals surface area contributed by atoms with Gasteiger partial charge in [0.05, 0.1) is 19.3 Å². The number of hydrogen-bond acceptors (Lipinski definition) is 6. The van der Waals surface area contributed by atoms with Crippen molar-refractivity contribution in [2.75, 3.05) is 13.2 Å². The molecule has 0 bridgehead atoms. The Morgan fingerprint density at radius 3 is 3.04 bits per heavy atom. The molecule has 8 heteroatoms. The normalized spacial score (nSPS) is 21.0. The van der Waals surface area contributed by atoms with E-state index in [9.17, 15) is 4.79 Å². The quantitative estimate of drug-likeness (QED) is 0.816. The Kier molecular flexibility index (Phi) is 5.28. The minimum atomic E-state index is -0.165. The first-order valence-electron chi connectivity index (χ1n) is 7.54. The van der Waals surface area contributed by atoms with E-state index in [1.165, 1.54) is 11.0 Å². The third kappa shape index (κ3) is 4.57. The van der Waals surface area contributed by atoms with Gasteiger partial charge in [0.15, 0.2) is 0 Å². The molecule has 0 unspecified atom stereocenters. The second kappa shape index (κ2) is 7.80. The fourth-order valence-electron chi connectivity index (χ4n) is 2.47. The van der Waals surface area contributed by atoms with Crippen LogP contribution < -0.4 is 5.32 Å². The summed E-state index contributed by atoms with van der Waals surface area (Å²) >= 11 is 0. The van der Waals surface area contributed by atoms with E-state index in [4.69, 9.17) is 9.47 Å². The summed E-state index contributed by atoms with van der Waals surface area (Å²) in [4.78, 5) is 12.1. The summed E-state index contributed by atoms with van der Waals surface area (Å²) < 4.78 is 12.8. The number of nitrogens with one attached hydrogen (secondary N) is 1. The summed E-state index contributed by atoms with van der Waals surface area (Å²) in [6.07, 6.45) is 1.97. The first kappa shape index (κ1) is 15.6. The molecule has 1 fully saturated rings. The van der Waals surface area contributed by atoms with E-state index in [0.29, 0.717) is 19.8 Å². The number of amides is 1. The molecule has 1 aromatic heterocycles. The van der Waals surface area contributed by atoms with E-state index in [2.05, 4.69) is 20.8 Å². The molecule has 23 heavy (non-hydrogen) atoms. The van der Waals surface area contributed by atoms with Gasteiger partial charge in [-0.3, -0.25) is 4.79 Å². The molecule has 2 aromatic rings. The van der Waals surface area contributed by atoms with Crippen molar-refractivity contribution >= 4 is 5.91 Å². The number of carbonyl (C=O) groups excluding carboxylic acids is 1. The summed E-state index contributed by atoms with van der Waals surface area (Å²) in [6.45, 7) is 1.67. The zero-order valence-corrected chi connectivity index (χ0v) is 12.7. The van der Waals surface area contributed by atoms with Crippen LogP contribution in [0.3, 0.4) is 0 Å². The molecule has 0 spiro atoms. The molecule has 1 amide bonds. The van der Waals surface area contributed by atoms with Crippen LogP contribution in [0.15, 0.2) is 36.7 Å². The van der Waals surface area contributed by atoms with Gasteiger partial charge < -0.3 is 14.8 Å². The molecule has 1 saturated heterocycles. The highest BCUT2D eigenvalue weighted by atomic mass is 16.5. The number of nitrogens with zero attached hydrogens (tertiary/aromatic N) is 4. The molecule has 2 atom stereocenters. The van der Waals surface area contributed by atoms with Gasteiger partial charge in [0, 0.05) is 6.61 Å². The molecule has 1 aliphatic heterocycles. The van der Waals surface area contributed by atoms with Gasteiger partial charge in [-0.15, -0.1) is 5.10 Å². The molecule has 0 aliphatic carbocycles. The van der Waals surface area contributed by atoms with E-state index >= 15 is 0 Å². The van der Waals surface area contributed by atoms with Gasteiger partial charge in [-0.1, -0.05) is 30.3 Å². The Morgan fingerprint density at radius 1 is 1.39 bits per heavy atom. The molecule has 122 valence electrons. The fraction of sp³-hybridized carbons (Fsp3) is 0.467. The van der Waals surface area contributed by atoms with E-state index in [1.54, 1.807) is 0 Å². The Balaban J connectivity index is 1.52. The zero-order chi connectivity index (χ0) is 15.9. The van der Waals surface area contributed by atoms with E-state index in [-0.39, 0.29) is 24.6 Å². The number of rotatable bonds is 6. The summed E-state index contributed by atoms with van der Waals surface area (Å²) in [5.41, 5.74) is 1.09. The largest absolute Gasteiger partial charge is 0.379 e. The highest BCUT2D eigenvalue weighted by Crippen LogP contribution is 2.14. The zero-order valence-electron chi connectivity index (χ0n) is 12.7. The van der Waals surface area contributed by atoms with Crippen LogP contribution in [0.2, 0.25) is 0 Å². The van der Waals surface area contributed by atoms with Gasteiger partial charge in [0.1, 0.15) is 19.0 Å². The molecule has 3 rings (SSSR count). The van der Waals surface area contributed by atoms with Gasteiger partial charge in [0.25, 0.3) is 0 Å². The van der Waals surface area contributed by atoms with Gasteiger partial charge >= 0.3 is 0 Å². The summed E-state index contributed by atoms with van der Waals surface area (Å²) in [6, 6.07) is 9.86. The van der Waals surface area contributed by atoms with Crippen LogP contribution >= 0.6 is 0 Å². The van der Waals surface area contributed by atoms with Crippen molar-refractivity contribution in [3.63, 3.8) is 0 Å². The SMILES string of the molecule is O=C(Cn1cnnn1)N[C@@H]1CCOC[C@H]1OCc1ccccc1. The van der Waals surface area contributed by atoms with Crippen LogP contribution in [-0.2, 0) is 27.4 Å². The molecule has 0 saturated carbocycles. The van der Waals surface area contributed by atoms with E-state index in [1.807, 2.05) is 30.3 Å². The summed E-state index contributed by atoms with van der Waals surface area (Å²) in [5, 5.41) is 13.7. The fourth-order valence-corrected chi connectivity index (χ4v) is 2.47. The second-order valence-electron chi connectivity index (χ2n) is 5.38. The Labute approximate surface area is 133 Å². The van der Waals surface area contributed by atoms with Crippen LogP contribution in [0, 0.1) is 0 Å². The Hall–Kier alpha value is -2.32. The van der Waals surface area contributed by atoms with Crippen molar-refractivity contribution in [1.29, 1.82) is 0 Å². The average Bonchev–Trinajstić information content (AvgIpc) is 3.08. The van der Waals surface area contributed by atoms with Crippen molar-refractivity contribution in [3.05, 3.63) is 42.2 Å². The molecule has 2 heterocycles. The van der Waals surface area contributed by atoms with Gasteiger partial charge in [0.2, 0.25) is 5.91 Å². The highest BCUT2D eigenvalue weighted by Gasteiger charge is 2.28. The van der Waals surface area contributed by atoms with Crippen molar-refractivity contribution in [3.8, 4) is 0 Å². The highest BCUT2D eigenvalue weighted by molar-refractivity contribution is 5.76. The maximum atomic E-state index is 12.1. The topological polar surface area (TPSA) is 91.2 Å². The van der Waals surface area contributed by atoms with Crippen molar-refractivity contribution in [1.82, 2.24) is 25.5 Å². The van der Waals surface area contributed by atoms with E-state index in [0.717, 1.165) is 12.0 Å². The first-order valence-corrected chi connectivity index (χ1v) is 7.54. The van der Waals surface area contributed by atoms with Crippen LogP contribution in [0.1, 0.15) is 12.0 Å². The lowest BCUT2D eigenvalue weighted by atomic mass is 10.1. The number of hydrogen-bond donors (Lipinski definition) is 1. The Bertz CT molecular complexity index is 605. The van der Waals surface area contributed by atoms with Gasteiger partial charge in [-0.05, 0) is 22.4 Å². The lowest BCUT2D eigenvalue weighted by Crippen LogP contribution is -2.50. The van der Waals surface area contributed by atoms with Crippen LogP contribution in [0.25, 0.3) is 0 Å². The predicted molar refractivity (Wildman–Crippen MR) is 80.2 cm³/mol. The monoisotopic (exact) mass is 317 g/mol. The van der Waals surface area contributed by atoms with Crippen molar-refractivity contribution < 1.29 is 14.3 Å². The molecule has 0 radical (unpaired) electrons. The van der Waals surface area contributed by atoms with E-state index < -0.39 is 0 Å². The van der Waals surface area contributed by atoms with Crippen LogP contribution in [0.4, 0.5) is 0 Å². The summed E-state index contributed by atoms with van der Waals surface area (Å²) in [7, 11) is 0. The Morgan fingerprint density at radius 2 is 2.26 bits per heavy atom. The minimum absolute atomic E-state index is 0.0727. The van der Waals surface area contributed by atoms with Gasteiger partial charge in [-0.2, -0.15) is 0 Å². The number of benzene rings is 1. The smallest absolute Gasteiger partial charge is 0.242 e. The molecular formula is C15H19N5O3. The average molecular weight is 317 g/mol. The molecule has 1 N–H and O–H groups in total. The lowest BCUT2D eigenvalue weighted by Gasteiger charge is -2.32. The third-order valence-corrected chi connectivity index (χ3v) is 3.65. The molecule has 1 aliphatic rings. The van der Waals surface area contributed by atoms with Crippen LogP contribution in [-0.4, -0.2) is 51.5 Å². The third-order valence-electron chi connectivity index (χ3n) is 3.65. The number of ether oxygens (including phenoxy) is 2. The van der Waals surface area contributed by atoms with Crippen LogP contribution in [0.5, 0.6) is 0 Å². The second-order valence-corrected chi connectivity index (χ2v) is 5.38. The maximum absolute atomic E-state index is 12.1. The number of tetrazole rings is 1. The lowest BCUT2D eigenvalue weighted by molar-refractivity contribution is -0.127. The molecule has 1 aromatic carbocycles.